The van der Waals surface area contributed by atoms with Gasteiger partial charge in [0.25, 0.3) is 0 Å². The van der Waals surface area contributed by atoms with Gasteiger partial charge in [-0.25, -0.2) is 0 Å². The minimum atomic E-state index is -4.82. The molecule has 0 unspecified atom stereocenters. The van der Waals surface area contributed by atoms with Crippen LogP contribution in [0.4, 0.5) is 13.2 Å². The summed E-state index contributed by atoms with van der Waals surface area (Å²) in [6, 6.07) is 20.3. The maximum Gasteiger partial charge on any atom is 0.471 e. The van der Waals surface area contributed by atoms with Crippen LogP contribution in [0, 0.1) is 5.92 Å². The normalized spacial score (nSPS) is 20.1. The van der Waals surface area contributed by atoms with Crippen LogP contribution in [0.3, 0.4) is 0 Å². The predicted octanol–water partition coefficient (Wildman–Crippen LogP) is 4.51. The Morgan fingerprint density at radius 1 is 1.07 bits per heavy atom. The van der Waals surface area contributed by atoms with E-state index in [1.807, 2.05) is 43.3 Å². The van der Waals surface area contributed by atoms with Gasteiger partial charge in [-0.2, -0.15) is 13.2 Å². The molecular formula is C22H25F3N2O. The summed E-state index contributed by atoms with van der Waals surface area (Å²) in [5, 5.41) is 0. The van der Waals surface area contributed by atoms with Gasteiger partial charge in [-0.15, -0.1) is 0 Å². The Kier molecular flexibility index (Phi) is 6.08. The molecule has 1 aliphatic rings. The molecule has 1 saturated heterocycles. The van der Waals surface area contributed by atoms with Crippen LogP contribution in [0.15, 0.2) is 60.7 Å². The van der Waals surface area contributed by atoms with E-state index in [9.17, 15) is 18.0 Å². The zero-order valence-electron chi connectivity index (χ0n) is 16.1. The standard InChI is InChI=1S/C22H25F3N2O/c1-3-26(21(28)22(23,24)25)14-19-15-27(16(19)2)20(17-10-6-4-7-11-17)18-12-8-5-9-13-18/h4-13,16,19-20H,3,14-15H2,1-2H3/t16-,19+/m0/s1. The summed E-state index contributed by atoms with van der Waals surface area (Å²) in [7, 11) is 0. The number of hydrogen-bond acceptors (Lipinski definition) is 2. The maximum atomic E-state index is 12.8. The van der Waals surface area contributed by atoms with Gasteiger partial charge in [-0.05, 0) is 25.0 Å². The van der Waals surface area contributed by atoms with Gasteiger partial charge >= 0.3 is 12.1 Å². The Morgan fingerprint density at radius 2 is 1.57 bits per heavy atom. The Hall–Kier alpha value is -2.34. The first kappa shape index (κ1) is 20.4. The van der Waals surface area contributed by atoms with Crippen molar-refractivity contribution in [3.05, 3.63) is 71.8 Å². The molecule has 0 spiro atoms. The van der Waals surface area contributed by atoms with Gasteiger partial charge in [0.1, 0.15) is 0 Å². The summed E-state index contributed by atoms with van der Waals surface area (Å²) in [6.45, 7) is 4.45. The molecule has 0 bridgehead atoms. The highest BCUT2D eigenvalue weighted by molar-refractivity contribution is 5.81. The van der Waals surface area contributed by atoms with Crippen LogP contribution < -0.4 is 0 Å². The van der Waals surface area contributed by atoms with Crippen molar-refractivity contribution in [3.63, 3.8) is 0 Å². The molecule has 1 fully saturated rings. The number of carbonyl (C=O) groups is 1. The van der Waals surface area contributed by atoms with E-state index in [0.717, 1.165) is 16.0 Å². The zero-order chi connectivity index (χ0) is 20.3. The van der Waals surface area contributed by atoms with Crippen LogP contribution in [0.25, 0.3) is 0 Å². The molecule has 0 saturated carbocycles. The van der Waals surface area contributed by atoms with Crippen LogP contribution >= 0.6 is 0 Å². The summed E-state index contributed by atoms with van der Waals surface area (Å²) >= 11 is 0. The van der Waals surface area contributed by atoms with Crippen molar-refractivity contribution in [1.29, 1.82) is 0 Å². The van der Waals surface area contributed by atoms with E-state index in [4.69, 9.17) is 0 Å². The van der Waals surface area contributed by atoms with Crippen LogP contribution in [-0.4, -0.2) is 47.6 Å². The van der Waals surface area contributed by atoms with Gasteiger partial charge in [0.05, 0.1) is 6.04 Å². The Labute approximate surface area is 163 Å². The Balaban J connectivity index is 1.76. The van der Waals surface area contributed by atoms with Crippen molar-refractivity contribution in [2.45, 2.75) is 32.1 Å². The molecule has 2 aromatic rings. The topological polar surface area (TPSA) is 23.6 Å². The van der Waals surface area contributed by atoms with Crippen molar-refractivity contribution in [3.8, 4) is 0 Å². The van der Waals surface area contributed by atoms with E-state index in [1.54, 1.807) is 6.92 Å². The lowest BCUT2D eigenvalue weighted by molar-refractivity contribution is -0.187. The predicted molar refractivity (Wildman–Crippen MR) is 103 cm³/mol. The number of halogens is 3. The summed E-state index contributed by atoms with van der Waals surface area (Å²) in [6.07, 6.45) is -4.82. The lowest BCUT2D eigenvalue weighted by Gasteiger charge is -2.52. The number of rotatable bonds is 6. The fourth-order valence-corrected chi connectivity index (χ4v) is 3.94. The van der Waals surface area contributed by atoms with Crippen molar-refractivity contribution in [1.82, 2.24) is 9.80 Å². The van der Waals surface area contributed by atoms with Gasteiger partial charge < -0.3 is 4.90 Å². The van der Waals surface area contributed by atoms with E-state index in [-0.39, 0.29) is 31.1 Å². The summed E-state index contributed by atoms with van der Waals surface area (Å²) in [5.74, 6) is -1.73. The SMILES string of the molecule is CCN(C[C@@H]1CN(C(c2ccccc2)c2ccccc2)[C@H]1C)C(=O)C(F)(F)F. The van der Waals surface area contributed by atoms with E-state index in [2.05, 4.69) is 29.2 Å². The fourth-order valence-electron chi connectivity index (χ4n) is 3.94. The largest absolute Gasteiger partial charge is 0.471 e. The lowest BCUT2D eigenvalue weighted by atomic mass is 9.83. The molecule has 28 heavy (non-hydrogen) atoms. The van der Waals surface area contributed by atoms with E-state index in [1.165, 1.54) is 0 Å². The Bertz CT molecular complexity index is 740. The number of nitrogens with zero attached hydrogens (tertiary/aromatic N) is 2. The maximum absolute atomic E-state index is 12.8. The molecule has 0 radical (unpaired) electrons. The van der Waals surface area contributed by atoms with Gasteiger partial charge in [0.2, 0.25) is 0 Å². The second kappa shape index (κ2) is 8.35. The van der Waals surface area contributed by atoms with Gasteiger partial charge in [-0.1, -0.05) is 60.7 Å². The van der Waals surface area contributed by atoms with Crippen molar-refractivity contribution in [2.24, 2.45) is 5.92 Å². The summed E-state index contributed by atoms with van der Waals surface area (Å²) in [5.41, 5.74) is 2.30. The third-order valence-corrected chi connectivity index (χ3v) is 5.58. The molecule has 3 nitrogen and oxygen atoms in total. The highest BCUT2D eigenvalue weighted by Crippen LogP contribution is 2.39. The van der Waals surface area contributed by atoms with Crippen molar-refractivity contribution >= 4 is 5.91 Å². The minimum Gasteiger partial charge on any atom is -0.335 e. The second-order valence-corrected chi connectivity index (χ2v) is 7.26. The van der Waals surface area contributed by atoms with E-state index >= 15 is 0 Å². The minimum absolute atomic E-state index is 0.0150. The number of likely N-dealkylation sites (tertiary alicyclic amines) is 1. The van der Waals surface area contributed by atoms with Gasteiger partial charge in [0, 0.05) is 31.6 Å². The smallest absolute Gasteiger partial charge is 0.335 e. The molecule has 0 N–H and O–H groups in total. The van der Waals surface area contributed by atoms with Crippen LogP contribution in [0.1, 0.15) is 31.0 Å². The molecule has 2 aromatic carbocycles. The average molecular weight is 390 g/mol. The average Bonchev–Trinajstić information content (AvgIpc) is 2.70. The molecule has 0 aromatic heterocycles. The molecule has 3 rings (SSSR count). The molecule has 150 valence electrons. The number of carbonyl (C=O) groups excluding carboxylic acids is 1. The van der Waals surface area contributed by atoms with Crippen molar-refractivity contribution in [2.75, 3.05) is 19.6 Å². The monoisotopic (exact) mass is 390 g/mol. The molecule has 1 heterocycles. The summed E-state index contributed by atoms with van der Waals surface area (Å²) in [4.78, 5) is 14.8. The van der Waals surface area contributed by atoms with Crippen LogP contribution in [0.5, 0.6) is 0 Å². The van der Waals surface area contributed by atoms with Gasteiger partial charge in [0.15, 0.2) is 0 Å². The third kappa shape index (κ3) is 4.22. The van der Waals surface area contributed by atoms with Crippen LogP contribution in [-0.2, 0) is 4.79 Å². The number of amides is 1. The molecule has 2 atom stereocenters. The first-order valence-electron chi connectivity index (χ1n) is 9.54. The van der Waals surface area contributed by atoms with E-state index in [0.29, 0.717) is 6.54 Å². The Morgan fingerprint density at radius 3 is 1.96 bits per heavy atom. The fraction of sp³-hybridized carbons (Fsp3) is 0.409. The van der Waals surface area contributed by atoms with Gasteiger partial charge in [-0.3, -0.25) is 9.69 Å². The number of hydrogen-bond donors (Lipinski definition) is 0. The first-order chi connectivity index (χ1) is 13.3. The molecule has 1 amide bonds. The molecule has 0 aliphatic carbocycles. The van der Waals surface area contributed by atoms with Crippen molar-refractivity contribution < 1.29 is 18.0 Å². The summed E-state index contributed by atoms with van der Waals surface area (Å²) < 4.78 is 38.4. The molecular weight excluding hydrogens is 365 g/mol. The zero-order valence-corrected chi connectivity index (χ0v) is 16.1. The molecule has 1 aliphatic heterocycles. The van der Waals surface area contributed by atoms with E-state index < -0.39 is 12.1 Å². The highest BCUT2D eigenvalue weighted by Gasteiger charge is 2.46. The first-order valence-corrected chi connectivity index (χ1v) is 9.54. The highest BCUT2D eigenvalue weighted by atomic mass is 19.4. The lowest BCUT2D eigenvalue weighted by Crippen LogP contribution is -2.60. The number of benzene rings is 2. The quantitative estimate of drug-likeness (QED) is 0.725. The third-order valence-electron chi connectivity index (χ3n) is 5.58. The molecule has 6 heteroatoms. The second-order valence-electron chi connectivity index (χ2n) is 7.26. The van der Waals surface area contributed by atoms with Crippen LogP contribution in [0.2, 0.25) is 0 Å². The number of alkyl halides is 3.